The Morgan fingerprint density at radius 3 is 2.35 bits per heavy atom. The maximum Gasteiger partial charge on any atom is 0.139 e. The first-order valence-corrected chi connectivity index (χ1v) is 17.5. The van der Waals surface area contributed by atoms with Crippen LogP contribution in [0.1, 0.15) is 110 Å². The van der Waals surface area contributed by atoms with Gasteiger partial charge in [-0.2, -0.15) is 0 Å². The second-order valence-corrected chi connectivity index (χ2v) is 15.2. The highest BCUT2D eigenvalue weighted by molar-refractivity contribution is 5.82. The van der Waals surface area contributed by atoms with Crippen LogP contribution in [0.4, 0.5) is 0 Å². The quantitative estimate of drug-likeness (QED) is 0.175. The van der Waals surface area contributed by atoms with Crippen LogP contribution in [0, 0.1) is 35.0 Å². The van der Waals surface area contributed by atoms with E-state index in [1.165, 1.54) is 0 Å². The molecule has 9 nitrogen and oxygen atoms in total. The molecule has 1 saturated heterocycles. The smallest absolute Gasteiger partial charge is 0.139 e. The van der Waals surface area contributed by atoms with Crippen LogP contribution < -0.4 is 11.1 Å². The highest BCUT2D eigenvalue weighted by atomic mass is 16.5. The van der Waals surface area contributed by atoms with Crippen LogP contribution in [0.5, 0.6) is 0 Å². The maximum atomic E-state index is 14.4. The maximum absolute atomic E-state index is 14.4. The molecule has 11 atom stereocenters. The summed E-state index contributed by atoms with van der Waals surface area (Å²) >= 11 is 0. The zero-order chi connectivity index (χ0) is 31.1. The van der Waals surface area contributed by atoms with Gasteiger partial charge in [0.25, 0.3) is 0 Å². The van der Waals surface area contributed by atoms with Crippen molar-refractivity contribution in [3.8, 4) is 0 Å². The molecular formula is C34H63N2O7+. The van der Waals surface area contributed by atoms with Crippen molar-refractivity contribution in [1.29, 1.82) is 0 Å². The molecule has 4 fully saturated rings. The second kappa shape index (κ2) is 16.3. The van der Waals surface area contributed by atoms with Crippen LogP contribution >= 0.6 is 0 Å². The van der Waals surface area contributed by atoms with E-state index in [2.05, 4.69) is 19.2 Å². The van der Waals surface area contributed by atoms with Crippen molar-refractivity contribution in [1.82, 2.24) is 0 Å². The topological polar surface area (TPSA) is 159 Å². The van der Waals surface area contributed by atoms with Gasteiger partial charge < -0.3 is 35.2 Å². The minimum atomic E-state index is -0.895. The van der Waals surface area contributed by atoms with E-state index < -0.39 is 36.4 Å². The molecule has 250 valence electrons. The number of Topliss-reactive ketones (excluding diaryl/α,β-unsaturated/α-hetero) is 1. The molecule has 0 aromatic heterocycles. The van der Waals surface area contributed by atoms with Gasteiger partial charge in [-0.3, -0.25) is 10.5 Å². The number of carbonyl (C=O) groups excluding carboxylic acids is 1. The number of ether oxygens (including phenoxy) is 2. The summed E-state index contributed by atoms with van der Waals surface area (Å²) < 4.78 is 11.5. The standard InChI is InChI=1S/C34H62N2O7/c1-21(2)20-43-30-18-23(16-28(40)33(30)41)8-11-27(39)32(26(38)10-7-22-6-9-25(37)29(17-22)42-3)34(13-4-5-14-34)24-12-15-36-31(35)19-24/h21-26,28-33,36-38,40-41H,4-20,35H2,1-3H3/p+1. The molecule has 11 unspecified atom stereocenters. The Kier molecular flexibility index (Phi) is 13.3. The van der Waals surface area contributed by atoms with E-state index in [9.17, 15) is 25.2 Å². The Morgan fingerprint density at radius 1 is 0.953 bits per heavy atom. The lowest BCUT2D eigenvalue weighted by atomic mass is 9.58. The molecule has 0 aromatic carbocycles. The van der Waals surface area contributed by atoms with Crippen molar-refractivity contribution < 1.29 is 40.0 Å². The average Bonchev–Trinajstić information content (AvgIpc) is 3.47. The van der Waals surface area contributed by atoms with Gasteiger partial charge in [-0.05, 0) is 93.3 Å². The number of aliphatic hydroxyl groups is 4. The first-order chi connectivity index (χ1) is 20.5. The van der Waals surface area contributed by atoms with Crippen LogP contribution in [-0.4, -0.2) is 89.3 Å². The fourth-order valence-corrected chi connectivity index (χ4v) is 9.30. The molecule has 9 heteroatoms. The van der Waals surface area contributed by atoms with Crippen LogP contribution in [0.15, 0.2) is 0 Å². The molecular weight excluding hydrogens is 548 g/mol. The first kappa shape index (κ1) is 35.2. The largest absolute Gasteiger partial charge is 0.392 e. The number of hydrogen-bond acceptors (Lipinski definition) is 8. The number of methoxy groups -OCH3 is 1. The molecule has 0 spiro atoms. The van der Waals surface area contributed by atoms with Crippen molar-refractivity contribution in [2.45, 2.75) is 153 Å². The number of aliphatic hydroxyl groups excluding tert-OH is 4. The van der Waals surface area contributed by atoms with Gasteiger partial charge in [0.15, 0.2) is 0 Å². The van der Waals surface area contributed by atoms with Crippen LogP contribution in [0.2, 0.25) is 0 Å². The Labute approximate surface area is 259 Å². The highest BCUT2D eigenvalue weighted by Gasteiger charge is 2.53. The lowest BCUT2D eigenvalue weighted by molar-refractivity contribution is -0.700. The zero-order valence-electron chi connectivity index (χ0n) is 27.1. The Hall–Kier alpha value is -0.650. The predicted octanol–water partition coefficient (Wildman–Crippen LogP) is 2.26. The Bertz CT molecular complexity index is 853. The summed E-state index contributed by atoms with van der Waals surface area (Å²) in [5.41, 5.74) is 6.23. The minimum Gasteiger partial charge on any atom is -0.392 e. The number of piperidine rings is 1. The number of ketones is 1. The third-order valence-electron chi connectivity index (χ3n) is 11.6. The molecule has 3 saturated carbocycles. The summed E-state index contributed by atoms with van der Waals surface area (Å²) in [7, 11) is 1.65. The molecule has 1 heterocycles. The molecule has 8 N–H and O–H groups in total. The van der Waals surface area contributed by atoms with Gasteiger partial charge in [0.2, 0.25) is 0 Å². The summed E-state index contributed by atoms with van der Waals surface area (Å²) in [5.74, 6) is 0.877. The number of quaternary nitrogens is 1. The molecule has 0 aromatic rings. The molecule has 4 aliphatic rings. The highest BCUT2D eigenvalue weighted by Crippen LogP contribution is 2.55. The van der Waals surface area contributed by atoms with Crippen LogP contribution in [0.3, 0.4) is 0 Å². The van der Waals surface area contributed by atoms with Crippen LogP contribution in [0.25, 0.3) is 0 Å². The van der Waals surface area contributed by atoms with Crippen molar-refractivity contribution in [2.24, 2.45) is 40.7 Å². The summed E-state index contributed by atoms with van der Waals surface area (Å²) in [5, 5.41) is 45.6. The second-order valence-electron chi connectivity index (χ2n) is 15.2. The number of hydrogen-bond donors (Lipinski definition) is 6. The van der Waals surface area contributed by atoms with Gasteiger partial charge in [0.1, 0.15) is 18.1 Å². The lowest BCUT2D eigenvalue weighted by Crippen LogP contribution is -2.95. The van der Waals surface area contributed by atoms with E-state index in [-0.39, 0.29) is 29.4 Å². The molecule has 3 aliphatic carbocycles. The summed E-state index contributed by atoms with van der Waals surface area (Å²) in [6.45, 7) is 5.63. The lowest BCUT2D eigenvalue weighted by Gasteiger charge is -2.47. The first-order valence-electron chi connectivity index (χ1n) is 17.5. The number of carbonyl (C=O) groups is 1. The number of nitrogens with two attached hydrogens (primary N) is 2. The predicted molar refractivity (Wildman–Crippen MR) is 165 cm³/mol. The van der Waals surface area contributed by atoms with E-state index in [1.807, 2.05) is 0 Å². The molecule has 0 bridgehead atoms. The van der Waals surface area contributed by atoms with E-state index in [4.69, 9.17) is 15.2 Å². The van der Waals surface area contributed by atoms with Gasteiger partial charge in [-0.15, -0.1) is 0 Å². The normalized spacial score (nSPS) is 38.2. The summed E-state index contributed by atoms with van der Waals surface area (Å²) in [4.78, 5) is 14.4. The van der Waals surface area contributed by atoms with Crippen molar-refractivity contribution in [2.75, 3.05) is 20.3 Å². The third-order valence-corrected chi connectivity index (χ3v) is 11.6. The Balaban J connectivity index is 1.47. The van der Waals surface area contributed by atoms with Gasteiger partial charge in [-0.1, -0.05) is 26.7 Å². The molecule has 0 radical (unpaired) electrons. The average molecular weight is 612 g/mol. The van der Waals surface area contributed by atoms with Gasteiger partial charge in [0.05, 0.1) is 37.1 Å². The van der Waals surface area contributed by atoms with Gasteiger partial charge in [0, 0.05) is 38.9 Å². The monoisotopic (exact) mass is 611 g/mol. The van der Waals surface area contributed by atoms with Gasteiger partial charge in [-0.25, -0.2) is 0 Å². The van der Waals surface area contributed by atoms with E-state index in [1.54, 1.807) is 7.11 Å². The molecule has 1 aliphatic heterocycles. The van der Waals surface area contributed by atoms with Crippen molar-refractivity contribution in [3.63, 3.8) is 0 Å². The molecule has 0 amide bonds. The summed E-state index contributed by atoms with van der Waals surface area (Å²) in [6, 6.07) is 0. The zero-order valence-corrected chi connectivity index (χ0v) is 27.1. The van der Waals surface area contributed by atoms with Crippen molar-refractivity contribution in [3.05, 3.63) is 0 Å². The third kappa shape index (κ3) is 9.00. The molecule has 43 heavy (non-hydrogen) atoms. The van der Waals surface area contributed by atoms with E-state index in [0.29, 0.717) is 62.9 Å². The van der Waals surface area contributed by atoms with E-state index in [0.717, 1.165) is 64.3 Å². The fraction of sp³-hybridized carbons (Fsp3) is 0.971. The SMILES string of the molecule is COC1CC(CCC(O)C(C(=O)CCC2CC(O)C(O)C(OCC(C)C)C2)C2(C3CC[NH2+]C(N)C3)CCCC2)CCC1O. The number of rotatable bonds is 14. The summed E-state index contributed by atoms with van der Waals surface area (Å²) in [6.07, 6.45) is 8.56. The Morgan fingerprint density at radius 2 is 1.67 bits per heavy atom. The van der Waals surface area contributed by atoms with Crippen molar-refractivity contribution >= 4 is 5.78 Å². The molecule has 4 rings (SSSR count). The van der Waals surface area contributed by atoms with Crippen LogP contribution in [-0.2, 0) is 14.3 Å². The fourth-order valence-electron chi connectivity index (χ4n) is 9.30. The minimum absolute atomic E-state index is 0.0432. The van der Waals surface area contributed by atoms with E-state index >= 15 is 0 Å². The van der Waals surface area contributed by atoms with Gasteiger partial charge >= 0.3 is 0 Å².